The Morgan fingerprint density at radius 3 is 2.45 bits per heavy atom. The third kappa shape index (κ3) is 4.57. The van der Waals surface area contributed by atoms with Crippen molar-refractivity contribution in [3.05, 3.63) is 29.8 Å². The third-order valence-corrected chi connectivity index (χ3v) is 5.00. The first kappa shape index (κ1) is 17.7. The van der Waals surface area contributed by atoms with Crippen molar-refractivity contribution in [2.75, 3.05) is 25.9 Å². The van der Waals surface area contributed by atoms with E-state index in [0.29, 0.717) is 10.8 Å². The fourth-order valence-corrected chi connectivity index (χ4v) is 3.48. The van der Waals surface area contributed by atoms with E-state index in [2.05, 4.69) is 17.9 Å². The maximum absolute atomic E-state index is 11.6. The lowest BCUT2D eigenvalue weighted by Gasteiger charge is -2.32. The normalized spacial score (nSPS) is 17.7. The number of halogens is 1. The van der Waals surface area contributed by atoms with Crippen LogP contribution >= 0.6 is 17.0 Å². The van der Waals surface area contributed by atoms with E-state index in [-0.39, 0.29) is 17.0 Å². The minimum Gasteiger partial charge on any atom is -0.303 e. The largest absolute Gasteiger partial charge is 0.303 e. The van der Waals surface area contributed by atoms with Gasteiger partial charge < -0.3 is 4.90 Å². The van der Waals surface area contributed by atoms with Crippen LogP contribution < -0.4 is 0 Å². The molecular formula is C15H24BrNO2S. The van der Waals surface area contributed by atoms with E-state index in [9.17, 15) is 8.42 Å². The summed E-state index contributed by atoms with van der Waals surface area (Å²) in [6, 6.07) is 7.47. The minimum atomic E-state index is -3.09. The molecule has 0 bridgehead atoms. The van der Waals surface area contributed by atoms with Gasteiger partial charge in [0, 0.05) is 6.26 Å². The Balaban J connectivity index is 0.00000200. The second-order valence-corrected chi connectivity index (χ2v) is 7.48. The predicted molar refractivity (Wildman–Crippen MR) is 88.6 cm³/mol. The molecule has 1 aliphatic rings. The van der Waals surface area contributed by atoms with Crippen molar-refractivity contribution < 1.29 is 8.42 Å². The van der Waals surface area contributed by atoms with Gasteiger partial charge in [0.15, 0.2) is 9.84 Å². The summed E-state index contributed by atoms with van der Waals surface area (Å²) in [5, 5.41) is 0. The molecule has 0 amide bonds. The number of hydrogen-bond acceptors (Lipinski definition) is 3. The van der Waals surface area contributed by atoms with Gasteiger partial charge in [0.2, 0.25) is 0 Å². The van der Waals surface area contributed by atoms with Crippen LogP contribution in [-0.4, -0.2) is 39.2 Å². The monoisotopic (exact) mass is 361 g/mol. The van der Waals surface area contributed by atoms with E-state index >= 15 is 0 Å². The molecule has 1 aliphatic heterocycles. The zero-order valence-electron chi connectivity index (χ0n) is 12.2. The maximum atomic E-state index is 11.6. The first-order valence-corrected chi connectivity index (χ1v) is 8.92. The number of piperidine rings is 1. The van der Waals surface area contributed by atoms with E-state index < -0.39 is 9.84 Å². The zero-order chi connectivity index (χ0) is 13.9. The van der Waals surface area contributed by atoms with Gasteiger partial charge in [0.05, 0.1) is 4.90 Å². The standard InChI is InChI=1S/C15H23NO2S.BrH/c1-3-9-16-10-7-13(8-11-16)14-5-4-6-15(12-14)19(2,17)18;/h4-6,12-13H,3,7-11H2,1-2H3;1H. The molecule has 0 atom stereocenters. The molecule has 1 aromatic rings. The van der Waals surface area contributed by atoms with Crippen molar-refractivity contribution in [2.45, 2.75) is 37.0 Å². The number of benzene rings is 1. The maximum Gasteiger partial charge on any atom is 0.175 e. The molecule has 0 aromatic heterocycles. The van der Waals surface area contributed by atoms with E-state index in [1.54, 1.807) is 6.07 Å². The smallest absolute Gasteiger partial charge is 0.175 e. The van der Waals surface area contributed by atoms with Crippen LogP contribution in [0, 0.1) is 0 Å². The van der Waals surface area contributed by atoms with Gasteiger partial charge in [-0.1, -0.05) is 19.1 Å². The molecule has 0 unspecified atom stereocenters. The summed E-state index contributed by atoms with van der Waals surface area (Å²) in [6.45, 7) is 5.64. The number of sulfone groups is 1. The van der Waals surface area contributed by atoms with Crippen LogP contribution in [0.15, 0.2) is 29.2 Å². The fourth-order valence-electron chi connectivity index (χ4n) is 2.81. The molecule has 0 aliphatic carbocycles. The Kier molecular flexibility index (Phi) is 6.69. The van der Waals surface area contributed by atoms with E-state index in [4.69, 9.17) is 0 Å². The highest BCUT2D eigenvalue weighted by Crippen LogP contribution is 2.29. The van der Waals surface area contributed by atoms with Crippen molar-refractivity contribution in [1.82, 2.24) is 4.90 Å². The summed E-state index contributed by atoms with van der Waals surface area (Å²) < 4.78 is 23.2. The minimum absolute atomic E-state index is 0. The molecular weight excluding hydrogens is 338 g/mol. The average molecular weight is 362 g/mol. The van der Waals surface area contributed by atoms with Crippen LogP contribution in [0.2, 0.25) is 0 Å². The quantitative estimate of drug-likeness (QED) is 0.825. The lowest BCUT2D eigenvalue weighted by Crippen LogP contribution is -2.33. The van der Waals surface area contributed by atoms with Gasteiger partial charge in [-0.2, -0.15) is 0 Å². The molecule has 0 spiro atoms. The molecule has 3 nitrogen and oxygen atoms in total. The molecule has 1 saturated heterocycles. The average Bonchev–Trinajstić information content (AvgIpc) is 2.39. The number of hydrogen-bond donors (Lipinski definition) is 0. The fraction of sp³-hybridized carbons (Fsp3) is 0.600. The van der Waals surface area contributed by atoms with Gasteiger partial charge in [0.25, 0.3) is 0 Å². The number of rotatable bonds is 4. The van der Waals surface area contributed by atoms with Gasteiger partial charge in [-0.15, -0.1) is 17.0 Å². The second kappa shape index (κ2) is 7.57. The molecule has 0 radical (unpaired) electrons. The zero-order valence-corrected chi connectivity index (χ0v) is 14.7. The Hall–Kier alpha value is -0.390. The van der Waals surface area contributed by atoms with Crippen molar-refractivity contribution in [1.29, 1.82) is 0 Å². The van der Waals surface area contributed by atoms with Crippen LogP contribution in [0.25, 0.3) is 0 Å². The first-order valence-electron chi connectivity index (χ1n) is 7.03. The number of nitrogens with zero attached hydrogens (tertiary/aromatic N) is 1. The predicted octanol–water partition coefficient (Wildman–Crippen LogP) is 3.26. The topological polar surface area (TPSA) is 37.4 Å². The lowest BCUT2D eigenvalue weighted by atomic mass is 9.89. The molecule has 1 fully saturated rings. The first-order chi connectivity index (χ1) is 9.00. The van der Waals surface area contributed by atoms with Crippen molar-refractivity contribution in [3.63, 3.8) is 0 Å². The second-order valence-electron chi connectivity index (χ2n) is 5.46. The van der Waals surface area contributed by atoms with E-state index in [1.165, 1.54) is 24.8 Å². The Bertz CT molecular complexity index is 522. The van der Waals surface area contributed by atoms with Crippen LogP contribution in [0.5, 0.6) is 0 Å². The van der Waals surface area contributed by atoms with Crippen molar-refractivity contribution in [2.24, 2.45) is 0 Å². The van der Waals surface area contributed by atoms with Crippen LogP contribution in [-0.2, 0) is 9.84 Å². The number of likely N-dealkylation sites (tertiary alicyclic amines) is 1. The molecule has 5 heteroatoms. The summed E-state index contributed by atoms with van der Waals surface area (Å²) in [7, 11) is -3.09. The van der Waals surface area contributed by atoms with Crippen LogP contribution in [0.1, 0.15) is 37.7 Å². The highest BCUT2D eigenvalue weighted by molar-refractivity contribution is 8.93. The summed E-state index contributed by atoms with van der Waals surface area (Å²) in [4.78, 5) is 2.94. The third-order valence-electron chi connectivity index (χ3n) is 3.89. The Labute approximate surface area is 133 Å². The van der Waals surface area contributed by atoms with Gasteiger partial charge in [0.1, 0.15) is 0 Å². The molecule has 1 aromatic carbocycles. The van der Waals surface area contributed by atoms with Crippen LogP contribution in [0.3, 0.4) is 0 Å². The SMILES string of the molecule is Br.CCCN1CCC(c2cccc(S(C)(=O)=O)c2)CC1. The molecule has 114 valence electrons. The van der Waals surface area contributed by atoms with Gasteiger partial charge >= 0.3 is 0 Å². The van der Waals surface area contributed by atoms with Crippen molar-refractivity contribution >= 4 is 26.8 Å². The van der Waals surface area contributed by atoms with E-state index in [0.717, 1.165) is 25.9 Å². The molecule has 2 rings (SSSR count). The summed E-state index contributed by atoms with van der Waals surface area (Å²) in [6.07, 6.45) is 4.74. The highest BCUT2D eigenvalue weighted by Gasteiger charge is 2.20. The van der Waals surface area contributed by atoms with E-state index in [1.807, 2.05) is 12.1 Å². The van der Waals surface area contributed by atoms with Crippen LogP contribution in [0.4, 0.5) is 0 Å². The Morgan fingerprint density at radius 1 is 1.25 bits per heavy atom. The van der Waals surface area contributed by atoms with Gasteiger partial charge in [-0.3, -0.25) is 0 Å². The summed E-state index contributed by atoms with van der Waals surface area (Å²) in [5.41, 5.74) is 1.18. The van der Waals surface area contributed by atoms with Gasteiger partial charge in [-0.05, 0) is 62.5 Å². The molecule has 0 saturated carbocycles. The van der Waals surface area contributed by atoms with Crippen molar-refractivity contribution in [3.8, 4) is 0 Å². The lowest BCUT2D eigenvalue weighted by molar-refractivity contribution is 0.212. The summed E-state index contributed by atoms with van der Waals surface area (Å²) >= 11 is 0. The molecule has 1 heterocycles. The molecule has 0 N–H and O–H groups in total. The highest BCUT2D eigenvalue weighted by atomic mass is 79.9. The van der Waals surface area contributed by atoms with Gasteiger partial charge in [-0.25, -0.2) is 8.42 Å². The Morgan fingerprint density at radius 2 is 1.90 bits per heavy atom. The summed E-state index contributed by atoms with van der Waals surface area (Å²) in [5.74, 6) is 0.509. The molecule has 20 heavy (non-hydrogen) atoms.